The summed E-state index contributed by atoms with van der Waals surface area (Å²) in [6, 6.07) is 14.9. The SMILES string of the molecule is CCCCCC[n+]1ccc(C=Cc2c[nH]c3ccc(/C=C/c4ccncc4)cc23)cc1. The molecule has 0 aliphatic carbocycles. The number of hydrogen-bond donors (Lipinski definition) is 1. The maximum atomic E-state index is 4.07. The van der Waals surface area contributed by atoms with Crippen LogP contribution < -0.4 is 4.57 Å². The molecule has 156 valence electrons. The first-order valence-electron chi connectivity index (χ1n) is 11.2. The minimum atomic E-state index is 1.10. The third-order valence-corrected chi connectivity index (χ3v) is 5.55. The molecule has 0 atom stereocenters. The van der Waals surface area contributed by atoms with Gasteiger partial charge in [0.05, 0.1) is 0 Å². The summed E-state index contributed by atoms with van der Waals surface area (Å²) in [7, 11) is 0. The zero-order valence-corrected chi connectivity index (χ0v) is 18.2. The van der Waals surface area contributed by atoms with E-state index in [0.29, 0.717) is 0 Å². The van der Waals surface area contributed by atoms with Crippen molar-refractivity contribution in [1.29, 1.82) is 0 Å². The Bertz CT molecular complexity index is 1150. The van der Waals surface area contributed by atoms with Gasteiger partial charge >= 0.3 is 0 Å². The molecule has 0 radical (unpaired) electrons. The highest BCUT2D eigenvalue weighted by molar-refractivity contribution is 5.93. The van der Waals surface area contributed by atoms with E-state index >= 15 is 0 Å². The van der Waals surface area contributed by atoms with Crippen molar-refractivity contribution in [2.45, 2.75) is 39.2 Å². The van der Waals surface area contributed by atoms with Gasteiger partial charge in [-0.15, -0.1) is 0 Å². The monoisotopic (exact) mass is 408 g/mol. The number of pyridine rings is 2. The first-order valence-corrected chi connectivity index (χ1v) is 11.2. The molecule has 1 N–H and O–H groups in total. The van der Waals surface area contributed by atoms with Gasteiger partial charge in [-0.25, -0.2) is 4.57 Å². The van der Waals surface area contributed by atoms with Gasteiger partial charge in [-0.05, 0) is 52.9 Å². The normalized spacial score (nSPS) is 11.8. The average Bonchev–Trinajstić information content (AvgIpc) is 3.23. The largest absolute Gasteiger partial charge is 0.361 e. The number of hydrogen-bond acceptors (Lipinski definition) is 1. The summed E-state index contributed by atoms with van der Waals surface area (Å²) in [5.41, 5.74) is 5.90. The Kier molecular flexibility index (Phi) is 7.07. The number of unbranched alkanes of at least 4 members (excludes halogenated alkanes) is 3. The minimum absolute atomic E-state index is 1.10. The van der Waals surface area contributed by atoms with E-state index in [1.807, 2.05) is 24.5 Å². The molecule has 0 saturated heterocycles. The van der Waals surface area contributed by atoms with Crippen LogP contribution in [0.4, 0.5) is 0 Å². The number of aromatic amines is 1. The second-order valence-electron chi connectivity index (χ2n) is 7.93. The highest BCUT2D eigenvalue weighted by Crippen LogP contribution is 2.23. The molecule has 3 aromatic heterocycles. The lowest BCUT2D eigenvalue weighted by molar-refractivity contribution is -0.697. The van der Waals surface area contributed by atoms with Crippen molar-refractivity contribution in [1.82, 2.24) is 9.97 Å². The quantitative estimate of drug-likeness (QED) is 0.240. The molecule has 4 rings (SSSR count). The van der Waals surface area contributed by atoms with E-state index in [1.54, 1.807) is 0 Å². The highest BCUT2D eigenvalue weighted by atomic mass is 14.9. The highest BCUT2D eigenvalue weighted by Gasteiger charge is 2.03. The molecule has 3 nitrogen and oxygen atoms in total. The molecular weight excluding hydrogens is 378 g/mol. The van der Waals surface area contributed by atoms with Crippen LogP contribution in [0.1, 0.15) is 54.9 Å². The predicted molar refractivity (Wildman–Crippen MR) is 131 cm³/mol. The van der Waals surface area contributed by atoms with Gasteiger partial charge in [0.1, 0.15) is 6.54 Å². The van der Waals surface area contributed by atoms with Gasteiger partial charge in [0.15, 0.2) is 12.4 Å². The summed E-state index contributed by atoms with van der Waals surface area (Å²) in [5, 5.41) is 1.23. The Morgan fingerprint density at radius 3 is 2.35 bits per heavy atom. The lowest BCUT2D eigenvalue weighted by Gasteiger charge is -1.99. The predicted octanol–water partition coefficient (Wildman–Crippen LogP) is 6.77. The van der Waals surface area contributed by atoms with Crippen molar-refractivity contribution < 1.29 is 4.57 Å². The standard InChI is InChI=1S/C28H29N3/c1-2-3-4-5-18-31-19-14-24(15-20-31)8-10-26-22-30-28-11-9-25(21-27(26)28)7-6-23-12-16-29-17-13-23/h6-17,19-22H,2-5,18H2,1H3/p+1/b7-6+. The van der Waals surface area contributed by atoms with Crippen LogP contribution in [0.15, 0.2) is 73.4 Å². The minimum Gasteiger partial charge on any atom is -0.361 e. The summed E-state index contributed by atoms with van der Waals surface area (Å²) >= 11 is 0. The van der Waals surface area contributed by atoms with E-state index in [-0.39, 0.29) is 0 Å². The van der Waals surface area contributed by atoms with Crippen molar-refractivity contribution in [2.24, 2.45) is 0 Å². The first-order chi connectivity index (χ1) is 15.3. The van der Waals surface area contributed by atoms with Crippen LogP contribution in [-0.4, -0.2) is 9.97 Å². The molecule has 0 amide bonds. The van der Waals surface area contributed by atoms with Crippen molar-refractivity contribution in [3.8, 4) is 0 Å². The number of H-pyrrole nitrogens is 1. The van der Waals surface area contributed by atoms with E-state index in [1.165, 1.54) is 47.8 Å². The van der Waals surface area contributed by atoms with E-state index in [9.17, 15) is 0 Å². The number of rotatable bonds is 9. The Morgan fingerprint density at radius 1 is 0.806 bits per heavy atom. The molecule has 0 bridgehead atoms. The lowest BCUT2D eigenvalue weighted by atomic mass is 10.1. The molecule has 0 aliphatic rings. The number of aromatic nitrogens is 3. The molecule has 0 aliphatic heterocycles. The average molecular weight is 409 g/mol. The Morgan fingerprint density at radius 2 is 1.55 bits per heavy atom. The Hall–Kier alpha value is -3.46. The molecule has 0 fully saturated rings. The fraction of sp³-hybridized carbons (Fsp3) is 0.214. The number of fused-ring (bicyclic) bond motifs is 1. The van der Waals surface area contributed by atoms with E-state index in [4.69, 9.17) is 0 Å². The fourth-order valence-electron chi connectivity index (χ4n) is 3.70. The van der Waals surface area contributed by atoms with Crippen molar-refractivity contribution in [3.63, 3.8) is 0 Å². The summed E-state index contributed by atoms with van der Waals surface area (Å²) in [6.45, 7) is 3.35. The van der Waals surface area contributed by atoms with Gasteiger partial charge in [-0.2, -0.15) is 0 Å². The van der Waals surface area contributed by atoms with Crippen molar-refractivity contribution in [2.75, 3.05) is 0 Å². The van der Waals surface area contributed by atoms with Gasteiger partial charge in [-0.3, -0.25) is 4.98 Å². The molecule has 0 unspecified atom stereocenters. The third-order valence-electron chi connectivity index (χ3n) is 5.55. The van der Waals surface area contributed by atoms with Gasteiger partial charge in [0, 0.05) is 48.0 Å². The molecule has 3 heteroatoms. The van der Waals surface area contributed by atoms with Crippen LogP contribution in [0.5, 0.6) is 0 Å². The van der Waals surface area contributed by atoms with Gasteiger partial charge in [-0.1, -0.05) is 50.1 Å². The second kappa shape index (κ2) is 10.5. The van der Waals surface area contributed by atoms with Crippen LogP contribution in [-0.2, 0) is 6.54 Å². The fourth-order valence-corrected chi connectivity index (χ4v) is 3.70. The molecule has 1 aromatic carbocycles. The van der Waals surface area contributed by atoms with Crippen LogP contribution in [0.2, 0.25) is 0 Å². The summed E-state index contributed by atoms with van der Waals surface area (Å²) in [4.78, 5) is 7.45. The first kappa shape index (κ1) is 20.8. The van der Waals surface area contributed by atoms with Crippen LogP contribution in [0.25, 0.3) is 35.2 Å². The van der Waals surface area contributed by atoms with Gasteiger partial charge in [0.2, 0.25) is 0 Å². The maximum Gasteiger partial charge on any atom is 0.169 e. The molecule has 31 heavy (non-hydrogen) atoms. The van der Waals surface area contributed by atoms with Gasteiger partial charge < -0.3 is 4.98 Å². The number of benzene rings is 1. The zero-order chi connectivity index (χ0) is 21.3. The Labute approximate surface area is 184 Å². The topological polar surface area (TPSA) is 32.6 Å². The molecular formula is C28H30N3+. The second-order valence-corrected chi connectivity index (χ2v) is 7.93. The van der Waals surface area contributed by atoms with Gasteiger partial charge in [0.25, 0.3) is 0 Å². The zero-order valence-electron chi connectivity index (χ0n) is 18.2. The van der Waals surface area contributed by atoms with Crippen LogP contribution >= 0.6 is 0 Å². The summed E-state index contributed by atoms with van der Waals surface area (Å²) < 4.78 is 2.28. The van der Waals surface area contributed by atoms with E-state index < -0.39 is 0 Å². The smallest absolute Gasteiger partial charge is 0.169 e. The third kappa shape index (κ3) is 5.79. The number of aryl methyl sites for hydroxylation is 1. The molecule has 0 saturated carbocycles. The van der Waals surface area contributed by atoms with E-state index in [0.717, 1.165) is 17.6 Å². The Balaban J connectivity index is 1.45. The number of nitrogens with one attached hydrogen (secondary N) is 1. The number of nitrogens with zero attached hydrogens (tertiary/aromatic N) is 2. The summed E-state index contributed by atoms with van der Waals surface area (Å²) in [5.74, 6) is 0. The van der Waals surface area contributed by atoms with Crippen molar-refractivity contribution in [3.05, 3.63) is 95.7 Å². The van der Waals surface area contributed by atoms with Crippen LogP contribution in [0.3, 0.4) is 0 Å². The molecule has 0 spiro atoms. The van der Waals surface area contributed by atoms with Crippen LogP contribution in [0, 0.1) is 0 Å². The molecule has 4 aromatic rings. The summed E-state index contributed by atoms with van der Waals surface area (Å²) in [6.07, 6.45) is 23.9. The lowest BCUT2D eigenvalue weighted by Crippen LogP contribution is -2.32. The van der Waals surface area contributed by atoms with E-state index in [2.05, 4.69) is 94.7 Å². The molecule has 3 heterocycles. The maximum absolute atomic E-state index is 4.07. The van der Waals surface area contributed by atoms with Crippen molar-refractivity contribution >= 4 is 35.2 Å².